The van der Waals surface area contributed by atoms with Gasteiger partial charge in [0.15, 0.2) is 0 Å². The van der Waals surface area contributed by atoms with Gasteiger partial charge in [0.1, 0.15) is 0 Å². The second-order valence-electron chi connectivity index (χ2n) is 5.46. The molecule has 0 aromatic rings. The third-order valence-corrected chi connectivity index (χ3v) is 4.60. The first kappa shape index (κ1) is 17.2. The Balaban J connectivity index is 2.79. The molecule has 0 saturated heterocycles. The molecule has 0 aliphatic heterocycles. The third kappa shape index (κ3) is 3.63. The molecule has 20 heavy (non-hydrogen) atoms. The monoisotopic (exact) mass is 318 g/mol. The largest absolute Gasteiger partial charge is 0.523 e. The minimum absolute atomic E-state index is 0.0298. The molecule has 1 aliphatic rings. The van der Waals surface area contributed by atoms with Crippen LogP contribution in [0.5, 0.6) is 0 Å². The van der Waals surface area contributed by atoms with Gasteiger partial charge < -0.3 is 4.74 Å². The maximum absolute atomic E-state index is 12.3. The van der Waals surface area contributed by atoms with E-state index in [1.165, 1.54) is 7.11 Å². The average molecular weight is 318 g/mol. The molecule has 0 aromatic heterocycles. The fourth-order valence-electron chi connectivity index (χ4n) is 2.47. The molecule has 0 radical (unpaired) electrons. The maximum Gasteiger partial charge on any atom is 0.523 e. The standard InChI is InChI=1S/C11H17F3O5S/c1-10(2)6-7(4-5-8(10)9(15)18-3)19-20(16,17)11(12,13)14/h7-8H,4-6H2,1-3H3. The number of esters is 1. The van der Waals surface area contributed by atoms with Gasteiger partial charge in [0, 0.05) is 0 Å². The molecule has 9 heteroatoms. The molecule has 118 valence electrons. The number of hydrogen-bond acceptors (Lipinski definition) is 5. The van der Waals surface area contributed by atoms with Crippen LogP contribution in [0.15, 0.2) is 0 Å². The molecule has 1 rings (SSSR count). The molecule has 1 fully saturated rings. The summed E-state index contributed by atoms with van der Waals surface area (Å²) in [5.74, 6) is -0.937. The molecule has 2 atom stereocenters. The van der Waals surface area contributed by atoms with Gasteiger partial charge in [0.2, 0.25) is 0 Å². The van der Waals surface area contributed by atoms with Crippen molar-refractivity contribution in [2.45, 2.75) is 44.7 Å². The quantitative estimate of drug-likeness (QED) is 0.453. The molecule has 0 amide bonds. The minimum atomic E-state index is -5.61. The van der Waals surface area contributed by atoms with E-state index in [2.05, 4.69) is 8.92 Å². The van der Waals surface area contributed by atoms with Crippen LogP contribution in [0, 0.1) is 11.3 Å². The van der Waals surface area contributed by atoms with Crippen molar-refractivity contribution in [1.82, 2.24) is 0 Å². The lowest BCUT2D eigenvalue weighted by Crippen LogP contribution is -2.42. The van der Waals surface area contributed by atoms with E-state index in [-0.39, 0.29) is 19.3 Å². The van der Waals surface area contributed by atoms with Gasteiger partial charge in [-0.1, -0.05) is 13.8 Å². The van der Waals surface area contributed by atoms with E-state index < -0.39 is 39.0 Å². The summed E-state index contributed by atoms with van der Waals surface area (Å²) in [4.78, 5) is 11.6. The first-order chi connectivity index (χ1) is 8.90. The first-order valence-electron chi connectivity index (χ1n) is 5.98. The van der Waals surface area contributed by atoms with Crippen LogP contribution in [0.3, 0.4) is 0 Å². The van der Waals surface area contributed by atoms with Crippen LogP contribution >= 0.6 is 0 Å². The van der Waals surface area contributed by atoms with Crippen molar-refractivity contribution in [2.75, 3.05) is 7.11 Å². The Morgan fingerprint density at radius 3 is 2.20 bits per heavy atom. The van der Waals surface area contributed by atoms with E-state index in [0.717, 1.165) is 0 Å². The van der Waals surface area contributed by atoms with E-state index in [4.69, 9.17) is 0 Å². The average Bonchev–Trinajstić information content (AvgIpc) is 2.24. The number of methoxy groups -OCH3 is 1. The van der Waals surface area contributed by atoms with Gasteiger partial charge in [-0.3, -0.25) is 8.98 Å². The molecule has 0 spiro atoms. The molecule has 2 unspecified atom stereocenters. The molecule has 0 N–H and O–H groups in total. The fraction of sp³-hybridized carbons (Fsp3) is 0.909. The molecule has 1 saturated carbocycles. The van der Waals surface area contributed by atoms with Crippen LogP contribution in [0.1, 0.15) is 33.1 Å². The first-order valence-corrected chi connectivity index (χ1v) is 7.39. The number of carbonyl (C=O) groups excluding carboxylic acids is 1. The Labute approximate surface area is 115 Å². The lowest BCUT2D eigenvalue weighted by Gasteiger charge is -2.40. The maximum atomic E-state index is 12.3. The normalized spacial score (nSPS) is 27.1. The number of rotatable bonds is 3. The summed E-state index contributed by atoms with van der Waals surface area (Å²) in [6.07, 6.45) is -0.782. The lowest BCUT2D eigenvalue weighted by atomic mass is 9.68. The van der Waals surface area contributed by atoms with E-state index >= 15 is 0 Å². The summed E-state index contributed by atoms with van der Waals surface area (Å²) in [6.45, 7) is 3.34. The van der Waals surface area contributed by atoms with Crippen molar-refractivity contribution in [3.63, 3.8) is 0 Å². The van der Waals surface area contributed by atoms with Gasteiger partial charge in [-0.25, -0.2) is 0 Å². The predicted octanol–water partition coefficient (Wildman–Crippen LogP) is 2.22. The molecular weight excluding hydrogens is 301 g/mol. The van der Waals surface area contributed by atoms with Gasteiger partial charge in [-0.2, -0.15) is 21.6 Å². The van der Waals surface area contributed by atoms with Crippen molar-refractivity contribution >= 4 is 16.1 Å². The summed E-state index contributed by atoms with van der Waals surface area (Å²) >= 11 is 0. The number of carbonyl (C=O) groups is 1. The van der Waals surface area contributed by atoms with E-state index in [1.54, 1.807) is 13.8 Å². The molecule has 0 aromatic carbocycles. The van der Waals surface area contributed by atoms with Gasteiger partial charge in [0.05, 0.1) is 19.1 Å². The second-order valence-corrected chi connectivity index (χ2v) is 7.03. The van der Waals surface area contributed by atoms with Gasteiger partial charge in [-0.15, -0.1) is 0 Å². The van der Waals surface area contributed by atoms with Gasteiger partial charge >= 0.3 is 21.6 Å². The molecular formula is C11H17F3O5S. The predicted molar refractivity (Wildman–Crippen MR) is 63.0 cm³/mol. The minimum Gasteiger partial charge on any atom is -0.469 e. The zero-order valence-electron chi connectivity index (χ0n) is 11.4. The van der Waals surface area contributed by atoms with Gasteiger partial charge in [0.25, 0.3) is 0 Å². The third-order valence-electron chi connectivity index (χ3n) is 3.51. The number of ether oxygens (including phenoxy) is 1. The van der Waals surface area contributed by atoms with Crippen molar-refractivity contribution < 1.29 is 35.3 Å². The SMILES string of the molecule is COC(=O)C1CCC(OS(=O)(=O)C(F)(F)F)CC1(C)C. The second kappa shape index (κ2) is 5.51. The number of halogens is 3. The van der Waals surface area contributed by atoms with Crippen molar-refractivity contribution in [1.29, 1.82) is 0 Å². The molecule has 1 aliphatic carbocycles. The van der Waals surface area contributed by atoms with E-state index in [1.807, 2.05) is 0 Å². The lowest BCUT2D eigenvalue weighted by molar-refractivity contribution is -0.153. The van der Waals surface area contributed by atoms with Crippen LogP contribution in [0.4, 0.5) is 13.2 Å². The highest BCUT2D eigenvalue weighted by Gasteiger charge is 2.50. The summed E-state index contributed by atoms with van der Waals surface area (Å²) in [7, 11) is -4.38. The number of hydrogen-bond donors (Lipinski definition) is 0. The highest BCUT2D eigenvalue weighted by molar-refractivity contribution is 7.87. The van der Waals surface area contributed by atoms with Crippen molar-refractivity contribution in [3.8, 4) is 0 Å². The van der Waals surface area contributed by atoms with E-state index in [0.29, 0.717) is 0 Å². The van der Waals surface area contributed by atoms with Crippen molar-refractivity contribution in [2.24, 2.45) is 11.3 Å². The Kier molecular flexibility index (Phi) is 4.75. The highest BCUT2D eigenvalue weighted by Crippen LogP contribution is 2.43. The molecule has 0 heterocycles. The summed E-state index contributed by atoms with van der Waals surface area (Å²) < 4.78 is 67.6. The summed E-state index contributed by atoms with van der Waals surface area (Å²) in [5, 5.41) is 0. The topological polar surface area (TPSA) is 69.7 Å². The molecule has 0 bridgehead atoms. The van der Waals surface area contributed by atoms with Crippen molar-refractivity contribution in [3.05, 3.63) is 0 Å². The van der Waals surface area contributed by atoms with Crippen LogP contribution in [-0.4, -0.2) is 33.1 Å². The smallest absolute Gasteiger partial charge is 0.469 e. The van der Waals surface area contributed by atoms with Gasteiger partial charge in [-0.05, 0) is 24.7 Å². The van der Waals surface area contributed by atoms with Crippen LogP contribution in [0.25, 0.3) is 0 Å². The summed E-state index contributed by atoms with van der Waals surface area (Å²) in [5.41, 5.74) is -6.13. The highest BCUT2D eigenvalue weighted by atomic mass is 32.2. The zero-order chi connectivity index (χ0) is 15.8. The molecule has 5 nitrogen and oxygen atoms in total. The van der Waals surface area contributed by atoms with E-state index in [9.17, 15) is 26.4 Å². The fourth-order valence-corrected chi connectivity index (χ4v) is 3.10. The number of alkyl halides is 3. The van der Waals surface area contributed by atoms with Crippen LogP contribution in [0.2, 0.25) is 0 Å². The Hall–Kier alpha value is -0.830. The Morgan fingerprint density at radius 1 is 1.25 bits per heavy atom. The zero-order valence-corrected chi connectivity index (χ0v) is 12.2. The van der Waals surface area contributed by atoms with Crippen LogP contribution in [-0.2, 0) is 23.8 Å². The Morgan fingerprint density at radius 2 is 1.80 bits per heavy atom. The Bertz CT molecular complexity index is 469. The summed E-state index contributed by atoms with van der Waals surface area (Å²) in [6, 6.07) is 0. The van der Waals surface area contributed by atoms with Crippen LogP contribution < -0.4 is 0 Å².